The van der Waals surface area contributed by atoms with Crippen LogP contribution >= 0.6 is 0 Å². The molecular weight excluding hydrogens is 604 g/mol. The van der Waals surface area contributed by atoms with Crippen molar-refractivity contribution >= 4 is 39.1 Å². The molecule has 0 bridgehead atoms. The molecule has 2 aromatic carbocycles. The first-order chi connectivity index (χ1) is 22.0. The zero-order chi connectivity index (χ0) is 32.8. The average molecular weight is 645 g/mol. The predicted octanol–water partition coefficient (Wildman–Crippen LogP) is 4.20. The highest BCUT2D eigenvalue weighted by molar-refractivity contribution is 7.92. The number of carbonyl (C=O) groups excluding carboxylic acids is 2. The van der Waals surface area contributed by atoms with Gasteiger partial charge < -0.3 is 26.1 Å². The van der Waals surface area contributed by atoms with Crippen molar-refractivity contribution in [3.8, 4) is 5.75 Å². The molecule has 5 rings (SSSR count). The smallest absolute Gasteiger partial charge is 0.255 e. The Morgan fingerprint density at radius 1 is 1.17 bits per heavy atom. The Labute approximate surface area is 270 Å². The van der Waals surface area contributed by atoms with Gasteiger partial charge in [-0.3, -0.25) is 18.9 Å². The standard InChI is InChI=1S/C34H40N6O5S/c1-23-24(12-14-29(35)32(23)38-34(42)25-8-4-3-5-9-25)10-7-19-40(46(2,43)44)26-13-15-30(28(22-26)33(36)41)45-27-16-20-39(21-17-27)31-11-6-18-37-31/h3-5,7-10,12-13,15,22,27,35H,6,11,14,16-21H2,1-2H3,(H2,36,41)(H,38,42)/b10-7+,35-29?. The second-order valence-corrected chi connectivity index (χ2v) is 13.5. The van der Waals surface area contributed by atoms with Crippen LogP contribution in [0.2, 0.25) is 0 Å². The van der Waals surface area contributed by atoms with E-state index in [1.165, 1.54) is 10.4 Å². The van der Waals surface area contributed by atoms with Crippen LogP contribution in [0.15, 0.2) is 88.6 Å². The lowest BCUT2D eigenvalue weighted by atomic mass is 9.94. The zero-order valence-electron chi connectivity index (χ0n) is 26.2. The van der Waals surface area contributed by atoms with E-state index >= 15 is 0 Å². The number of hydrogen-bond acceptors (Lipinski definition) is 8. The summed E-state index contributed by atoms with van der Waals surface area (Å²) in [6, 6.07) is 13.4. The molecule has 46 heavy (non-hydrogen) atoms. The number of amidine groups is 1. The minimum atomic E-state index is -3.75. The normalized spacial score (nSPS) is 17.6. The number of allylic oxidation sites excluding steroid dienone is 5. The molecule has 0 atom stereocenters. The largest absolute Gasteiger partial charge is 0.489 e. The molecule has 2 aliphatic heterocycles. The maximum absolute atomic E-state index is 12.9. The molecule has 1 saturated heterocycles. The maximum atomic E-state index is 12.9. The quantitative estimate of drug-likeness (QED) is 0.352. The number of piperidine rings is 1. The van der Waals surface area contributed by atoms with Crippen LogP contribution in [0.25, 0.3) is 0 Å². The highest BCUT2D eigenvalue weighted by atomic mass is 32.2. The van der Waals surface area contributed by atoms with Crippen LogP contribution in [-0.2, 0) is 10.0 Å². The number of aliphatic imine (C=N–C) groups is 1. The first-order valence-corrected chi connectivity index (χ1v) is 17.2. The Morgan fingerprint density at radius 2 is 1.91 bits per heavy atom. The summed E-state index contributed by atoms with van der Waals surface area (Å²) in [5, 5.41) is 11.2. The van der Waals surface area contributed by atoms with Gasteiger partial charge in [-0.1, -0.05) is 36.4 Å². The fourth-order valence-electron chi connectivity index (χ4n) is 5.85. The molecule has 1 fully saturated rings. The Kier molecular flexibility index (Phi) is 10.1. The number of nitrogens with zero attached hydrogens (tertiary/aromatic N) is 3. The lowest BCUT2D eigenvalue weighted by Crippen LogP contribution is -2.41. The number of likely N-dealkylation sites (tertiary alicyclic amines) is 1. The molecule has 242 valence electrons. The third-order valence-corrected chi connectivity index (χ3v) is 9.51. The second-order valence-electron chi connectivity index (χ2n) is 11.6. The summed E-state index contributed by atoms with van der Waals surface area (Å²) < 4.78 is 33.2. The van der Waals surface area contributed by atoms with Gasteiger partial charge in [0.05, 0.1) is 41.3 Å². The van der Waals surface area contributed by atoms with Gasteiger partial charge in [-0.25, -0.2) is 8.42 Å². The summed E-state index contributed by atoms with van der Waals surface area (Å²) >= 11 is 0. The minimum absolute atomic E-state index is 0.0205. The van der Waals surface area contributed by atoms with Crippen LogP contribution in [0.3, 0.4) is 0 Å². The number of anilines is 1. The third-order valence-electron chi connectivity index (χ3n) is 8.35. The molecule has 1 aliphatic carbocycles. The fourth-order valence-corrected chi connectivity index (χ4v) is 6.70. The number of hydrogen-bond donors (Lipinski definition) is 3. The fraction of sp³-hybridized carbons (Fsp3) is 0.353. The zero-order valence-corrected chi connectivity index (χ0v) is 27.0. The lowest BCUT2D eigenvalue weighted by molar-refractivity contribution is 0.0963. The molecule has 2 amide bonds. The first kappa shape index (κ1) is 32.7. The van der Waals surface area contributed by atoms with Crippen molar-refractivity contribution in [2.45, 2.75) is 45.1 Å². The van der Waals surface area contributed by atoms with Crippen molar-refractivity contribution in [1.29, 1.82) is 5.41 Å². The molecule has 0 radical (unpaired) electrons. The van der Waals surface area contributed by atoms with Gasteiger partial charge in [-0.05, 0) is 54.8 Å². The molecule has 0 unspecified atom stereocenters. The van der Waals surface area contributed by atoms with Crippen molar-refractivity contribution in [1.82, 2.24) is 10.2 Å². The summed E-state index contributed by atoms with van der Waals surface area (Å²) in [6.45, 7) is 4.33. The average Bonchev–Trinajstić information content (AvgIpc) is 3.58. The molecule has 2 aromatic rings. The number of rotatable bonds is 10. The number of sulfonamides is 1. The van der Waals surface area contributed by atoms with Crippen LogP contribution in [-0.4, -0.2) is 75.2 Å². The van der Waals surface area contributed by atoms with E-state index in [4.69, 9.17) is 15.9 Å². The molecule has 0 aromatic heterocycles. The number of nitrogens with one attached hydrogen (secondary N) is 2. The Bertz CT molecular complexity index is 1740. The highest BCUT2D eigenvalue weighted by Crippen LogP contribution is 2.30. The summed E-state index contributed by atoms with van der Waals surface area (Å²) in [5.74, 6) is 0.475. The number of amides is 2. The molecule has 4 N–H and O–H groups in total. The number of benzene rings is 2. The summed E-state index contributed by atoms with van der Waals surface area (Å²) in [6.07, 6.45) is 10.3. The van der Waals surface area contributed by atoms with Crippen molar-refractivity contribution in [2.75, 3.05) is 36.7 Å². The van der Waals surface area contributed by atoms with Gasteiger partial charge in [-0.2, -0.15) is 0 Å². The summed E-state index contributed by atoms with van der Waals surface area (Å²) in [5.41, 5.74) is 8.78. The van der Waals surface area contributed by atoms with E-state index in [0.29, 0.717) is 29.0 Å². The monoisotopic (exact) mass is 644 g/mol. The molecule has 2 heterocycles. The van der Waals surface area contributed by atoms with Crippen LogP contribution < -0.4 is 20.1 Å². The maximum Gasteiger partial charge on any atom is 0.255 e. The summed E-state index contributed by atoms with van der Waals surface area (Å²) in [4.78, 5) is 32.1. The molecule has 3 aliphatic rings. The first-order valence-electron chi connectivity index (χ1n) is 15.4. The van der Waals surface area contributed by atoms with E-state index in [0.717, 1.165) is 63.0 Å². The van der Waals surface area contributed by atoms with Gasteiger partial charge in [0.25, 0.3) is 11.8 Å². The van der Waals surface area contributed by atoms with Gasteiger partial charge in [0.1, 0.15) is 11.9 Å². The number of carbonyl (C=O) groups is 2. The molecular formula is C34H40N6O5S. The lowest BCUT2D eigenvalue weighted by Gasteiger charge is -2.34. The van der Waals surface area contributed by atoms with E-state index in [2.05, 4.69) is 15.2 Å². The van der Waals surface area contributed by atoms with Crippen molar-refractivity contribution < 1.29 is 22.7 Å². The van der Waals surface area contributed by atoms with E-state index in [1.807, 2.05) is 19.1 Å². The predicted molar refractivity (Wildman–Crippen MR) is 180 cm³/mol. The Hall–Kier alpha value is -4.71. The van der Waals surface area contributed by atoms with Crippen LogP contribution in [0.4, 0.5) is 5.69 Å². The minimum Gasteiger partial charge on any atom is -0.489 e. The van der Waals surface area contributed by atoms with Crippen LogP contribution in [0.5, 0.6) is 5.75 Å². The van der Waals surface area contributed by atoms with Crippen molar-refractivity contribution in [3.63, 3.8) is 0 Å². The van der Waals surface area contributed by atoms with Crippen molar-refractivity contribution in [3.05, 3.63) is 94.7 Å². The number of ether oxygens (including phenoxy) is 1. The third kappa shape index (κ3) is 7.74. The van der Waals surface area contributed by atoms with Gasteiger partial charge >= 0.3 is 0 Å². The van der Waals surface area contributed by atoms with Gasteiger partial charge in [0.2, 0.25) is 10.0 Å². The Balaban J connectivity index is 1.29. The highest BCUT2D eigenvalue weighted by Gasteiger charge is 2.26. The summed E-state index contributed by atoms with van der Waals surface area (Å²) in [7, 11) is -3.75. The van der Waals surface area contributed by atoms with Gasteiger partial charge in [-0.15, -0.1) is 0 Å². The van der Waals surface area contributed by atoms with Crippen LogP contribution in [0.1, 0.15) is 59.7 Å². The SMILES string of the molecule is CC1=C(NC(=O)c2ccccc2)C(=N)CC=C1/C=C/CN(c1ccc(OC2CCN(C3=NCCC3)CC2)c(C(N)=O)c1)S(C)(=O)=O. The van der Waals surface area contributed by atoms with Crippen LogP contribution in [0, 0.1) is 5.41 Å². The van der Waals surface area contributed by atoms with Gasteiger partial charge in [0, 0.05) is 50.9 Å². The molecule has 11 nitrogen and oxygen atoms in total. The van der Waals surface area contributed by atoms with E-state index in [-0.39, 0.29) is 35.5 Å². The second kappa shape index (κ2) is 14.2. The Morgan fingerprint density at radius 3 is 2.57 bits per heavy atom. The van der Waals surface area contributed by atoms with Crippen molar-refractivity contribution in [2.24, 2.45) is 10.7 Å². The van der Waals surface area contributed by atoms with Gasteiger partial charge in [0.15, 0.2) is 0 Å². The van der Waals surface area contributed by atoms with E-state index < -0.39 is 15.9 Å². The molecule has 0 saturated carbocycles. The number of nitrogens with two attached hydrogens (primary N) is 1. The molecule has 0 spiro atoms. The topological polar surface area (TPSA) is 158 Å². The van der Waals surface area contributed by atoms with E-state index in [9.17, 15) is 18.0 Å². The van der Waals surface area contributed by atoms with E-state index in [1.54, 1.807) is 48.6 Å². The molecule has 12 heteroatoms. The number of primary amides is 1.